The molecule has 0 spiro atoms. The third kappa shape index (κ3) is 2.55. The normalized spacial score (nSPS) is 17.4. The standard InChI is InChI=1S/C16H19ClN2O3/c1-15(2,3)22-14(20)19-8-16(21,9-19)11-7-18-13-10(11)5-4-6-12(13)17/h4-7,18,21H,8-9H2,1-3H3. The van der Waals surface area contributed by atoms with Gasteiger partial charge in [-0.1, -0.05) is 23.7 Å². The summed E-state index contributed by atoms with van der Waals surface area (Å²) in [7, 11) is 0. The van der Waals surface area contributed by atoms with Crippen LogP contribution in [0.3, 0.4) is 0 Å². The maximum atomic E-state index is 12.0. The van der Waals surface area contributed by atoms with Crippen LogP contribution in [-0.2, 0) is 10.3 Å². The van der Waals surface area contributed by atoms with Crippen LogP contribution in [0.2, 0.25) is 5.02 Å². The molecule has 0 atom stereocenters. The number of hydrogen-bond acceptors (Lipinski definition) is 3. The zero-order chi connectivity index (χ0) is 16.1. The highest BCUT2D eigenvalue weighted by Crippen LogP contribution is 2.38. The molecular formula is C16H19ClN2O3. The van der Waals surface area contributed by atoms with E-state index in [1.165, 1.54) is 4.90 Å². The molecule has 1 saturated heterocycles. The second-order valence-corrected chi connectivity index (χ2v) is 7.14. The molecular weight excluding hydrogens is 304 g/mol. The van der Waals surface area contributed by atoms with Crippen molar-refractivity contribution in [3.8, 4) is 0 Å². The van der Waals surface area contributed by atoms with Crippen molar-refractivity contribution in [3.63, 3.8) is 0 Å². The van der Waals surface area contributed by atoms with Crippen molar-refractivity contribution in [3.05, 3.63) is 35.0 Å². The van der Waals surface area contributed by atoms with Crippen molar-refractivity contribution in [2.45, 2.75) is 32.0 Å². The molecule has 0 bridgehead atoms. The Hall–Kier alpha value is -1.72. The first-order valence-corrected chi connectivity index (χ1v) is 7.54. The zero-order valence-electron chi connectivity index (χ0n) is 12.8. The van der Waals surface area contributed by atoms with Crippen molar-refractivity contribution >= 4 is 28.6 Å². The average molecular weight is 323 g/mol. The minimum absolute atomic E-state index is 0.210. The number of amides is 1. The van der Waals surface area contributed by atoms with Gasteiger partial charge in [-0.2, -0.15) is 0 Å². The number of ether oxygens (including phenoxy) is 1. The van der Waals surface area contributed by atoms with E-state index in [1.54, 1.807) is 12.3 Å². The van der Waals surface area contributed by atoms with E-state index in [2.05, 4.69) is 4.98 Å². The Morgan fingerprint density at radius 2 is 2.09 bits per heavy atom. The molecule has 2 heterocycles. The maximum absolute atomic E-state index is 12.0. The van der Waals surface area contributed by atoms with Crippen molar-refractivity contribution in [1.29, 1.82) is 0 Å². The van der Waals surface area contributed by atoms with Gasteiger partial charge in [0, 0.05) is 17.1 Å². The van der Waals surface area contributed by atoms with Gasteiger partial charge in [-0.05, 0) is 26.8 Å². The molecule has 0 radical (unpaired) electrons. The largest absolute Gasteiger partial charge is 0.444 e. The fourth-order valence-corrected chi connectivity index (χ4v) is 2.94. The van der Waals surface area contributed by atoms with Crippen molar-refractivity contribution < 1.29 is 14.6 Å². The van der Waals surface area contributed by atoms with Crippen molar-refractivity contribution in [1.82, 2.24) is 9.88 Å². The number of para-hydroxylation sites is 1. The highest BCUT2D eigenvalue weighted by atomic mass is 35.5. The molecule has 22 heavy (non-hydrogen) atoms. The smallest absolute Gasteiger partial charge is 0.410 e. The number of β-amino-alcohol motifs (C(OH)–C–C–N with tert-alkyl or cyclic N) is 1. The van der Waals surface area contributed by atoms with E-state index in [1.807, 2.05) is 32.9 Å². The van der Waals surface area contributed by atoms with Crippen LogP contribution in [0, 0.1) is 0 Å². The molecule has 1 aromatic carbocycles. The summed E-state index contributed by atoms with van der Waals surface area (Å²) in [5.74, 6) is 0. The summed E-state index contributed by atoms with van der Waals surface area (Å²) in [5, 5.41) is 12.2. The fraction of sp³-hybridized carbons (Fsp3) is 0.438. The molecule has 0 unspecified atom stereocenters. The van der Waals surface area contributed by atoms with E-state index in [4.69, 9.17) is 16.3 Å². The predicted molar refractivity (Wildman–Crippen MR) is 85.0 cm³/mol. The Kier molecular flexibility index (Phi) is 3.38. The van der Waals surface area contributed by atoms with E-state index in [0.717, 1.165) is 16.5 Å². The first kappa shape index (κ1) is 15.2. The van der Waals surface area contributed by atoms with Gasteiger partial charge in [-0.15, -0.1) is 0 Å². The maximum Gasteiger partial charge on any atom is 0.410 e. The van der Waals surface area contributed by atoms with Gasteiger partial charge in [0.2, 0.25) is 0 Å². The molecule has 1 aromatic heterocycles. The summed E-state index contributed by atoms with van der Waals surface area (Å²) >= 11 is 6.14. The number of hydrogen-bond donors (Lipinski definition) is 2. The summed E-state index contributed by atoms with van der Waals surface area (Å²) in [6, 6.07) is 5.54. The number of H-pyrrole nitrogens is 1. The summed E-state index contributed by atoms with van der Waals surface area (Å²) in [5.41, 5.74) is -0.0630. The van der Waals surface area contributed by atoms with Crippen molar-refractivity contribution in [2.24, 2.45) is 0 Å². The van der Waals surface area contributed by atoms with Gasteiger partial charge < -0.3 is 19.7 Å². The number of aliphatic hydroxyl groups is 1. The lowest BCUT2D eigenvalue weighted by atomic mass is 9.86. The topological polar surface area (TPSA) is 65.6 Å². The van der Waals surface area contributed by atoms with Crippen LogP contribution in [0.15, 0.2) is 24.4 Å². The Balaban J connectivity index is 1.79. The SMILES string of the molecule is CC(C)(C)OC(=O)N1CC(O)(c2c[nH]c3c(Cl)cccc23)C1. The van der Waals surface area contributed by atoms with E-state index in [0.29, 0.717) is 5.02 Å². The molecule has 1 amide bonds. The van der Waals surface area contributed by atoms with Crippen LogP contribution in [-0.4, -0.2) is 39.8 Å². The van der Waals surface area contributed by atoms with E-state index >= 15 is 0 Å². The summed E-state index contributed by atoms with van der Waals surface area (Å²) in [6.45, 7) is 5.87. The molecule has 0 saturated carbocycles. The van der Waals surface area contributed by atoms with Crippen LogP contribution in [0.5, 0.6) is 0 Å². The Labute approximate surface area is 133 Å². The zero-order valence-corrected chi connectivity index (χ0v) is 13.6. The van der Waals surface area contributed by atoms with E-state index in [-0.39, 0.29) is 13.1 Å². The minimum atomic E-state index is -1.07. The van der Waals surface area contributed by atoms with E-state index in [9.17, 15) is 9.90 Å². The number of nitrogens with zero attached hydrogens (tertiary/aromatic N) is 1. The molecule has 1 aliphatic rings. The lowest BCUT2D eigenvalue weighted by molar-refractivity contribution is -0.102. The molecule has 1 fully saturated rings. The molecule has 2 aromatic rings. The number of nitrogens with one attached hydrogen (secondary N) is 1. The fourth-order valence-electron chi connectivity index (χ4n) is 2.71. The Bertz CT molecular complexity index is 727. The molecule has 6 heteroatoms. The molecule has 1 aliphatic heterocycles. The molecule has 3 rings (SSSR count). The summed E-state index contributed by atoms with van der Waals surface area (Å²) in [6.07, 6.45) is 1.35. The highest BCUT2D eigenvalue weighted by molar-refractivity contribution is 6.35. The highest BCUT2D eigenvalue weighted by Gasteiger charge is 2.47. The first-order valence-electron chi connectivity index (χ1n) is 7.16. The molecule has 2 N–H and O–H groups in total. The second kappa shape index (κ2) is 4.89. The van der Waals surface area contributed by atoms with Gasteiger partial charge in [-0.3, -0.25) is 0 Å². The van der Waals surface area contributed by atoms with Gasteiger partial charge in [0.05, 0.1) is 23.6 Å². The molecule has 5 nitrogen and oxygen atoms in total. The predicted octanol–water partition coefficient (Wildman–Crippen LogP) is 3.26. The number of carbonyl (C=O) groups excluding carboxylic acids is 1. The number of carbonyl (C=O) groups is 1. The van der Waals surface area contributed by atoms with Gasteiger partial charge in [-0.25, -0.2) is 4.79 Å². The second-order valence-electron chi connectivity index (χ2n) is 6.73. The summed E-state index contributed by atoms with van der Waals surface area (Å²) < 4.78 is 5.31. The van der Waals surface area contributed by atoms with Gasteiger partial charge in [0.15, 0.2) is 0 Å². The Morgan fingerprint density at radius 3 is 2.73 bits per heavy atom. The number of halogens is 1. The van der Waals surface area contributed by atoms with E-state index < -0.39 is 17.3 Å². The van der Waals surface area contributed by atoms with Gasteiger partial charge >= 0.3 is 6.09 Å². The average Bonchev–Trinajstić information content (AvgIpc) is 2.78. The van der Waals surface area contributed by atoms with Crippen LogP contribution in [0.25, 0.3) is 10.9 Å². The number of likely N-dealkylation sites (tertiary alicyclic amines) is 1. The minimum Gasteiger partial charge on any atom is -0.444 e. The third-order valence-electron chi connectivity index (χ3n) is 3.72. The number of rotatable bonds is 1. The third-order valence-corrected chi connectivity index (χ3v) is 4.04. The van der Waals surface area contributed by atoms with Crippen LogP contribution in [0.1, 0.15) is 26.3 Å². The Morgan fingerprint density at radius 1 is 1.41 bits per heavy atom. The molecule has 118 valence electrons. The molecule has 0 aliphatic carbocycles. The van der Waals surface area contributed by atoms with Crippen LogP contribution < -0.4 is 0 Å². The summed E-state index contributed by atoms with van der Waals surface area (Å²) in [4.78, 5) is 16.6. The lowest BCUT2D eigenvalue weighted by Gasteiger charge is -2.46. The number of aromatic amines is 1. The van der Waals surface area contributed by atoms with Crippen LogP contribution >= 0.6 is 11.6 Å². The number of aromatic nitrogens is 1. The monoisotopic (exact) mass is 322 g/mol. The van der Waals surface area contributed by atoms with Gasteiger partial charge in [0.25, 0.3) is 0 Å². The first-order chi connectivity index (χ1) is 10.2. The number of benzene rings is 1. The quantitative estimate of drug-likeness (QED) is 0.847. The van der Waals surface area contributed by atoms with Gasteiger partial charge in [0.1, 0.15) is 11.2 Å². The van der Waals surface area contributed by atoms with Crippen LogP contribution in [0.4, 0.5) is 4.79 Å². The van der Waals surface area contributed by atoms with Crippen molar-refractivity contribution in [2.75, 3.05) is 13.1 Å². The lowest BCUT2D eigenvalue weighted by Crippen LogP contribution is -2.61. The number of fused-ring (bicyclic) bond motifs is 1.